The second kappa shape index (κ2) is 10.6. The van der Waals surface area contributed by atoms with Crippen LogP contribution in [0.25, 0.3) is 0 Å². The van der Waals surface area contributed by atoms with Gasteiger partial charge < -0.3 is 21.3 Å². The van der Waals surface area contributed by atoms with Gasteiger partial charge in [-0.15, -0.1) is 0 Å². The topological polar surface area (TPSA) is 116 Å². The van der Waals surface area contributed by atoms with Gasteiger partial charge in [0, 0.05) is 13.0 Å². The van der Waals surface area contributed by atoms with Crippen molar-refractivity contribution < 1.29 is 19.2 Å². The van der Waals surface area contributed by atoms with Crippen LogP contribution in [-0.4, -0.2) is 49.8 Å². The summed E-state index contributed by atoms with van der Waals surface area (Å²) in [6.07, 6.45) is 0.476. The van der Waals surface area contributed by atoms with Crippen LogP contribution in [0.2, 0.25) is 0 Å². The summed E-state index contributed by atoms with van der Waals surface area (Å²) < 4.78 is 0. The van der Waals surface area contributed by atoms with Crippen molar-refractivity contribution >= 4 is 23.6 Å². The van der Waals surface area contributed by atoms with Crippen LogP contribution in [-0.2, 0) is 19.2 Å². The predicted octanol–water partition coefficient (Wildman–Crippen LogP) is -0.848. The summed E-state index contributed by atoms with van der Waals surface area (Å²) >= 11 is 0. The molecule has 0 saturated heterocycles. The maximum absolute atomic E-state index is 12.2. The number of nitrogens with one attached hydrogen (secondary N) is 4. The van der Waals surface area contributed by atoms with Crippen molar-refractivity contribution in [3.05, 3.63) is 0 Å². The molecule has 0 fully saturated rings. The quantitative estimate of drug-likeness (QED) is 0.441. The Kier molecular flexibility index (Phi) is 9.60. The summed E-state index contributed by atoms with van der Waals surface area (Å²) in [5.41, 5.74) is 0. The smallest absolute Gasteiger partial charge is 0.243 e. The van der Waals surface area contributed by atoms with E-state index in [1.54, 1.807) is 13.8 Å². The zero-order valence-corrected chi connectivity index (χ0v) is 14.5. The van der Waals surface area contributed by atoms with Crippen LogP contribution in [0.1, 0.15) is 34.1 Å². The maximum Gasteiger partial charge on any atom is 0.243 e. The molecule has 0 unspecified atom stereocenters. The minimum Gasteiger partial charge on any atom is -0.358 e. The Bertz CT molecular complexity index is 435. The highest BCUT2D eigenvalue weighted by atomic mass is 16.2. The molecule has 0 bridgehead atoms. The molecule has 0 rings (SSSR count). The molecule has 132 valence electrons. The molecule has 0 saturated carbocycles. The number of hydrogen-bond donors (Lipinski definition) is 4. The van der Waals surface area contributed by atoms with E-state index in [0.717, 1.165) is 0 Å². The van der Waals surface area contributed by atoms with E-state index >= 15 is 0 Å². The fourth-order valence-corrected chi connectivity index (χ4v) is 1.66. The third-order valence-electron chi connectivity index (χ3n) is 3.01. The Morgan fingerprint density at radius 2 is 1.39 bits per heavy atom. The van der Waals surface area contributed by atoms with Crippen molar-refractivity contribution in [3.8, 4) is 0 Å². The summed E-state index contributed by atoms with van der Waals surface area (Å²) in [5, 5.41) is 9.90. The first-order chi connectivity index (χ1) is 10.7. The summed E-state index contributed by atoms with van der Waals surface area (Å²) in [6.45, 7) is 6.97. The molecular formula is C15H28N4O4. The molecule has 8 nitrogen and oxygen atoms in total. The summed E-state index contributed by atoms with van der Waals surface area (Å²) in [7, 11) is 1.46. The van der Waals surface area contributed by atoms with Gasteiger partial charge in [-0.1, -0.05) is 27.7 Å². The molecular weight excluding hydrogens is 300 g/mol. The molecule has 0 aliphatic carbocycles. The largest absolute Gasteiger partial charge is 0.358 e. The van der Waals surface area contributed by atoms with Gasteiger partial charge in [-0.2, -0.15) is 0 Å². The lowest BCUT2D eigenvalue weighted by molar-refractivity contribution is -0.132. The number of carbonyl (C=O) groups is 4. The number of likely N-dealkylation sites (N-methyl/N-ethyl adjacent to an activating group) is 1. The lowest BCUT2D eigenvalue weighted by Gasteiger charge is -2.21. The minimum absolute atomic E-state index is 0.148. The Balaban J connectivity index is 4.45. The van der Waals surface area contributed by atoms with E-state index in [4.69, 9.17) is 0 Å². The summed E-state index contributed by atoms with van der Waals surface area (Å²) in [5.74, 6) is -1.45. The molecule has 0 aromatic rings. The standard InChI is InChI=1S/C15H28N4O4/c1-9(2)6-11(19-14(22)10(3)4)15(23)18-8-13(21)17-7-12(20)16-5/h9-11H,6-8H2,1-5H3,(H,16,20)(H,17,21)(H,18,23)(H,19,22)/t11-/m1/s1. The van der Waals surface area contributed by atoms with Crippen molar-refractivity contribution in [2.24, 2.45) is 11.8 Å². The molecule has 8 heteroatoms. The van der Waals surface area contributed by atoms with Gasteiger partial charge in [0.25, 0.3) is 0 Å². The number of hydrogen-bond acceptors (Lipinski definition) is 4. The van der Waals surface area contributed by atoms with Gasteiger partial charge in [0.05, 0.1) is 13.1 Å². The Morgan fingerprint density at radius 1 is 0.826 bits per heavy atom. The van der Waals surface area contributed by atoms with Crippen molar-refractivity contribution in [2.45, 2.75) is 40.2 Å². The molecule has 0 aliphatic heterocycles. The zero-order valence-electron chi connectivity index (χ0n) is 14.5. The normalized spacial score (nSPS) is 11.8. The van der Waals surface area contributed by atoms with Crippen LogP contribution >= 0.6 is 0 Å². The average molecular weight is 328 g/mol. The Labute approximate surface area is 137 Å². The lowest BCUT2D eigenvalue weighted by atomic mass is 10.0. The monoisotopic (exact) mass is 328 g/mol. The van der Waals surface area contributed by atoms with E-state index in [0.29, 0.717) is 6.42 Å². The number of carbonyl (C=O) groups excluding carboxylic acids is 4. The Morgan fingerprint density at radius 3 is 1.87 bits per heavy atom. The fraction of sp³-hybridized carbons (Fsp3) is 0.733. The van der Waals surface area contributed by atoms with Crippen LogP contribution in [0.15, 0.2) is 0 Å². The van der Waals surface area contributed by atoms with Gasteiger partial charge in [0.15, 0.2) is 0 Å². The first-order valence-corrected chi connectivity index (χ1v) is 7.72. The molecule has 0 aromatic carbocycles. The molecule has 23 heavy (non-hydrogen) atoms. The van der Waals surface area contributed by atoms with Crippen LogP contribution in [0.5, 0.6) is 0 Å². The van der Waals surface area contributed by atoms with Gasteiger partial charge in [-0.3, -0.25) is 19.2 Å². The van der Waals surface area contributed by atoms with Crippen molar-refractivity contribution in [1.29, 1.82) is 0 Å². The van der Waals surface area contributed by atoms with Gasteiger partial charge in [0.2, 0.25) is 23.6 Å². The molecule has 0 spiro atoms. The van der Waals surface area contributed by atoms with Crippen LogP contribution in [0.4, 0.5) is 0 Å². The van der Waals surface area contributed by atoms with E-state index in [1.165, 1.54) is 7.05 Å². The zero-order chi connectivity index (χ0) is 18.0. The van der Waals surface area contributed by atoms with Crippen LogP contribution < -0.4 is 21.3 Å². The van der Waals surface area contributed by atoms with Crippen LogP contribution in [0.3, 0.4) is 0 Å². The van der Waals surface area contributed by atoms with Crippen molar-refractivity contribution in [3.63, 3.8) is 0 Å². The minimum atomic E-state index is -0.684. The summed E-state index contributed by atoms with van der Waals surface area (Å²) in [4.78, 5) is 46.5. The third kappa shape index (κ3) is 9.49. The molecule has 4 N–H and O–H groups in total. The van der Waals surface area contributed by atoms with E-state index < -0.39 is 17.9 Å². The molecule has 0 aliphatic rings. The second-order valence-corrected chi connectivity index (χ2v) is 6.01. The van der Waals surface area contributed by atoms with E-state index in [-0.39, 0.29) is 36.7 Å². The first kappa shape index (κ1) is 20.9. The molecule has 0 aromatic heterocycles. The summed E-state index contributed by atoms with van der Waals surface area (Å²) in [6, 6.07) is -0.684. The van der Waals surface area contributed by atoms with Gasteiger partial charge in [0.1, 0.15) is 6.04 Å². The molecule has 0 radical (unpaired) electrons. The predicted molar refractivity (Wildman–Crippen MR) is 86.3 cm³/mol. The Hall–Kier alpha value is -2.12. The van der Waals surface area contributed by atoms with Crippen molar-refractivity contribution in [2.75, 3.05) is 20.1 Å². The third-order valence-corrected chi connectivity index (χ3v) is 3.01. The molecule has 0 heterocycles. The van der Waals surface area contributed by atoms with Gasteiger partial charge >= 0.3 is 0 Å². The highest BCUT2D eigenvalue weighted by Crippen LogP contribution is 2.06. The fourth-order valence-electron chi connectivity index (χ4n) is 1.66. The number of amides is 4. The second-order valence-electron chi connectivity index (χ2n) is 6.01. The average Bonchev–Trinajstić information content (AvgIpc) is 2.48. The van der Waals surface area contributed by atoms with Crippen molar-refractivity contribution in [1.82, 2.24) is 21.3 Å². The maximum atomic E-state index is 12.2. The van der Waals surface area contributed by atoms with E-state index in [2.05, 4.69) is 21.3 Å². The van der Waals surface area contributed by atoms with E-state index in [1.807, 2.05) is 13.8 Å². The van der Waals surface area contributed by atoms with Gasteiger partial charge in [-0.25, -0.2) is 0 Å². The lowest BCUT2D eigenvalue weighted by Crippen LogP contribution is -2.50. The first-order valence-electron chi connectivity index (χ1n) is 7.72. The molecule has 1 atom stereocenters. The van der Waals surface area contributed by atoms with E-state index in [9.17, 15) is 19.2 Å². The van der Waals surface area contributed by atoms with Crippen LogP contribution in [0, 0.1) is 11.8 Å². The SMILES string of the molecule is CNC(=O)CNC(=O)CNC(=O)[C@@H](CC(C)C)NC(=O)C(C)C. The molecule has 4 amide bonds. The van der Waals surface area contributed by atoms with Gasteiger partial charge in [-0.05, 0) is 12.3 Å². The highest BCUT2D eigenvalue weighted by molar-refractivity contribution is 5.91. The highest BCUT2D eigenvalue weighted by Gasteiger charge is 2.23. The number of rotatable bonds is 9.